The largest absolute Gasteiger partial charge is 0.497 e. The van der Waals surface area contributed by atoms with Crippen LogP contribution in [0, 0.1) is 6.92 Å². The Labute approximate surface area is 204 Å². The quantitative estimate of drug-likeness (QED) is 0.303. The number of benzene rings is 3. The lowest BCUT2D eigenvalue weighted by molar-refractivity contribution is 0.101. The lowest BCUT2D eigenvalue weighted by Gasteiger charge is -2.12. The summed E-state index contributed by atoms with van der Waals surface area (Å²) in [5.41, 5.74) is 4.35. The third-order valence-corrected chi connectivity index (χ3v) is 6.34. The first kappa shape index (κ1) is 22.6. The van der Waals surface area contributed by atoms with E-state index in [1.807, 2.05) is 67.7 Å². The highest BCUT2D eigenvalue weighted by Gasteiger charge is 2.30. The average molecular weight is 470 g/mol. The van der Waals surface area contributed by atoms with Gasteiger partial charge in [-0.15, -0.1) is 0 Å². The van der Waals surface area contributed by atoms with Crippen molar-refractivity contribution in [3.63, 3.8) is 0 Å². The molecule has 6 heteroatoms. The molecule has 0 atom stereocenters. The standard InChI is InChI=1S/C29H27NO5/c1-5-30-16-20(24-15-22(33-4)10-12-25(24)30)14-27-28(31)23-11-13-26(18(2)29(23)35-27)34-17-19-6-8-21(32-3)9-7-19/h6-16H,5,17H2,1-4H3/b27-14-. The third kappa shape index (κ3) is 4.12. The summed E-state index contributed by atoms with van der Waals surface area (Å²) in [5, 5.41) is 1.01. The number of fused-ring (bicyclic) bond motifs is 2. The summed E-state index contributed by atoms with van der Waals surface area (Å²) >= 11 is 0. The van der Waals surface area contributed by atoms with Crippen LogP contribution in [0.15, 0.2) is 66.6 Å². The number of nitrogens with zero attached hydrogens (tertiary/aromatic N) is 1. The molecule has 1 aliphatic heterocycles. The lowest BCUT2D eigenvalue weighted by atomic mass is 10.1. The minimum Gasteiger partial charge on any atom is -0.497 e. The van der Waals surface area contributed by atoms with Gasteiger partial charge in [-0.1, -0.05) is 12.1 Å². The van der Waals surface area contributed by atoms with E-state index in [-0.39, 0.29) is 5.78 Å². The first-order chi connectivity index (χ1) is 17.0. The second-order valence-electron chi connectivity index (χ2n) is 8.40. The predicted molar refractivity (Wildman–Crippen MR) is 136 cm³/mol. The number of hydrogen-bond acceptors (Lipinski definition) is 5. The molecule has 4 aromatic rings. The predicted octanol–water partition coefficient (Wildman–Crippen LogP) is 6.18. The molecule has 0 amide bonds. The van der Waals surface area contributed by atoms with Crippen LogP contribution < -0.4 is 18.9 Å². The number of aromatic nitrogens is 1. The van der Waals surface area contributed by atoms with Crippen molar-refractivity contribution in [3.05, 3.63) is 88.8 Å². The zero-order valence-electron chi connectivity index (χ0n) is 20.3. The van der Waals surface area contributed by atoms with Gasteiger partial charge in [-0.3, -0.25) is 4.79 Å². The number of Topliss-reactive ketones (excluding diaryl/α,β-unsaturated/α-hetero) is 1. The van der Waals surface area contributed by atoms with Gasteiger partial charge >= 0.3 is 0 Å². The summed E-state index contributed by atoms with van der Waals surface area (Å²) < 4.78 is 24.9. The molecule has 0 saturated carbocycles. The molecule has 0 aliphatic carbocycles. The first-order valence-electron chi connectivity index (χ1n) is 11.5. The van der Waals surface area contributed by atoms with Crippen molar-refractivity contribution in [1.29, 1.82) is 0 Å². The number of allylic oxidation sites excluding steroid dienone is 1. The molecule has 178 valence electrons. The third-order valence-electron chi connectivity index (χ3n) is 6.34. The van der Waals surface area contributed by atoms with E-state index < -0.39 is 0 Å². The highest BCUT2D eigenvalue weighted by atomic mass is 16.5. The van der Waals surface area contributed by atoms with E-state index >= 15 is 0 Å². The van der Waals surface area contributed by atoms with Crippen LogP contribution in [0.3, 0.4) is 0 Å². The zero-order valence-corrected chi connectivity index (χ0v) is 20.3. The van der Waals surface area contributed by atoms with E-state index in [0.717, 1.165) is 45.6 Å². The molecule has 2 heterocycles. The van der Waals surface area contributed by atoms with Gasteiger partial charge in [0.15, 0.2) is 5.76 Å². The number of aryl methyl sites for hydroxylation is 1. The van der Waals surface area contributed by atoms with Crippen molar-refractivity contribution in [2.24, 2.45) is 0 Å². The van der Waals surface area contributed by atoms with Gasteiger partial charge in [0, 0.05) is 34.8 Å². The number of rotatable bonds is 7. The molecule has 6 nitrogen and oxygen atoms in total. The van der Waals surface area contributed by atoms with Gasteiger partial charge in [-0.25, -0.2) is 0 Å². The fourth-order valence-electron chi connectivity index (χ4n) is 4.36. The first-order valence-corrected chi connectivity index (χ1v) is 11.5. The summed E-state index contributed by atoms with van der Waals surface area (Å²) in [6.45, 7) is 5.21. The molecule has 5 rings (SSSR count). The van der Waals surface area contributed by atoms with E-state index in [4.69, 9.17) is 18.9 Å². The maximum absolute atomic E-state index is 13.2. The Balaban J connectivity index is 1.43. The van der Waals surface area contributed by atoms with Crippen LogP contribution in [0.25, 0.3) is 17.0 Å². The molecule has 0 unspecified atom stereocenters. The molecule has 35 heavy (non-hydrogen) atoms. The minimum atomic E-state index is -0.134. The highest BCUT2D eigenvalue weighted by molar-refractivity contribution is 6.15. The normalized spacial score (nSPS) is 13.7. The molecular weight excluding hydrogens is 442 g/mol. The van der Waals surface area contributed by atoms with Crippen molar-refractivity contribution in [1.82, 2.24) is 4.57 Å². The molecule has 0 radical (unpaired) electrons. The van der Waals surface area contributed by atoms with E-state index in [9.17, 15) is 4.79 Å². The maximum Gasteiger partial charge on any atom is 0.231 e. The average Bonchev–Trinajstić information content (AvgIpc) is 3.41. The van der Waals surface area contributed by atoms with Gasteiger partial charge < -0.3 is 23.5 Å². The van der Waals surface area contributed by atoms with Crippen LogP contribution in [0.2, 0.25) is 0 Å². The molecule has 3 aromatic carbocycles. The molecule has 1 aromatic heterocycles. The van der Waals surface area contributed by atoms with Crippen LogP contribution in [0.5, 0.6) is 23.0 Å². The molecule has 1 aliphatic rings. The van der Waals surface area contributed by atoms with E-state index in [2.05, 4.69) is 11.5 Å². The summed E-state index contributed by atoms with van der Waals surface area (Å²) in [4.78, 5) is 13.2. The van der Waals surface area contributed by atoms with Crippen LogP contribution in [0.1, 0.15) is 34.0 Å². The Morgan fingerprint density at radius 1 is 0.971 bits per heavy atom. The topological polar surface area (TPSA) is 58.9 Å². The molecule has 0 N–H and O–H groups in total. The summed E-state index contributed by atoms with van der Waals surface area (Å²) in [5.74, 6) is 2.96. The van der Waals surface area contributed by atoms with Gasteiger partial charge in [-0.2, -0.15) is 0 Å². The van der Waals surface area contributed by atoms with Crippen molar-refractivity contribution in [2.75, 3.05) is 14.2 Å². The van der Waals surface area contributed by atoms with Gasteiger partial charge in [0.25, 0.3) is 0 Å². The zero-order chi connectivity index (χ0) is 24.5. The Morgan fingerprint density at radius 2 is 1.71 bits per heavy atom. The van der Waals surface area contributed by atoms with Crippen LogP contribution in [-0.2, 0) is 13.2 Å². The molecule has 0 spiro atoms. The molecule has 0 bridgehead atoms. The van der Waals surface area contributed by atoms with Crippen LogP contribution >= 0.6 is 0 Å². The molecular formula is C29H27NO5. The fraction of sp³-hybridized carbons (Fsp3) is 0.207. The fourth-order valence-corrected chi connectivity index (χ4v) is 4.36. The number of ether oxygens (including phenoxy) is 4. The SMILES string of the molecule is CCn1cc(/C=C2\Oc3c(ccc(OCc4ccc(OC)cc4)c3C)C2=O)c2cc(OC)ccc21. The molecule has 0 fully saturated rings. The summed E-state index contributed by atoms with van der Waals surface area (Å²) in [7, 11) is 3.29. The maximum atomic E-state index is 13.2. The molecule has 0 saturated heterocycles. The second kappa shape index (κ2) is 9.22. The number of hydrogen-bond donors (Lipinski definition) is 0. The monoisotopic (exact) mass is 469 g/mol. The van der Waals surface area contributed by atoms with E-state index in [1.54, 1.807) is 20.3 Å². The van der Waals surface area contributed by atoms with E-state index in [0.29, 0.717) is 29.4 Å². The highest BCUT2D eigenvalue weighted by Crippen LogP contribution is 2.40. The minimum absolute atomic E-state index is 0.134. The Bertz CT molecular complexity index is 1450. The summed E-state index contributed by atoms with van der Waals surface area (Å²) in [6.07, 6.45) is 3.85. The van der Waals surface area contributed by atoms with E-state index in [1.165, 1.54) is 0 Å². The van der Waals surface area contributed by atoms with Gasteiger partial charge in [0.1, 0.15) is 29.6 Å². The van der Waals surface area contributed by atoms with Crippen LogP contribution in [-0.4, -0.2) is 24.6 Å². The van der Waals surface area contributed by atoms with Gasteiger partial charge in [0.2, 0.25) is 5.78 Å². The van der Waals surface area contributed by atoms with Gasteiger partial charge in [0.05, 0.1) is 19.8 Å². The smallest absolute Gasteiger partial charge is 0.231 e. The second-order valence-corrected chi connectivity index (χ2v) is 8.40. The van der Waals surface area contributed by atoms with Crippen molar-refractivity contribution < 1.29 is 23.7 Å². The Hall–Kier alpha value is -4.19. The number of carbonyl (C=O) groups excluding carboxylic acids is 1. The van der Waals surface area contributed by atoms with Crippen molar-refractivity contribution in [2.45, 2.75) is 27.0 Å². The lowest BCUT2D eigenvalue weighted by Crippen LogP contribution is -1.98. The number of methoxy groups -OCH3 is 2. The van der Waals surface area contributed by atoms with Gasteiger partial charge in [-0.05, 0) is 68.0 Å². The van der Waals surface area contributed by atoms with Crippen molar-refractivity contribution in [3.8, 4) is 23.0 Å². The van der Waals surface area contributed by atoms with Crippen molar-refractivity contribution >= 4 is 22.8 Å². The Morgan fingerprint density at radius 3 is 2.43 bits per heavy atom. The Kier molecular flexibility index (Phi) is 5.95. The number of carbonyl (C=O) groups is 1. The number of ketones is 1. The summed E-state index contributed by atoms with van der Waals surface area (Å²) in [6, 6.07) is 17.3. The van der Waals surface area contributed by atoms with Crippen LogP contribution in [0.4, 0.5) is 0 Å².